The third-order valence-corrected chi connectivity index (χ3v) is 8.08. The first kappa shape index (κ1) is 22.5. The number of hydrogen-bond acceptors (Lipinski definition) is 7. The second kappa shape index (κ2) is 10.3. The van der Waals surface area contributed by atoms with Gasteiger partial charge in [-0.25, -0.2) is 4.98 Å². The summed E-state index contributed by atoms with van der Waals surface area (Å²) in [6.07, 6.45) is 0.228. The Hall–Kier alpha value is -2.26. The zero-order valence-electron chi connectivity index (χ0n) is 18.1. The molecule has 0 unspecified atom stereocenters. The molecule has 0 aliphatic carbocycles. The molecule has 1 saturated heterocycles. The number of thiazole rings is 1. The van der Waals surface area contributed by atoms with Crippen LogP contribution in [0.4, 0.5) is 0 Å². The molecule has 0 saturated carbocycles. The first-order valence-corrected chi connectivity index (χ1v) is 12.8. The highest BCUT2D eigenvalue weighted by atomic mass is 32.2. The van der Waals surface area contributed by atoms with Gasteiger partial charge in [-0.1, -0.05) is 72.4 Å². The van der Waals surface area contributed by atoms with Crippen molar-refractivity contribution in [1.82, 2.24) is 4.98 Å². The fourth-order valence-electron chi connectivity index (χ4n) is 3.91. The highest BCUT2D eigenvalue weighted by Gasteiger charge is 2.32. The van der Waals surface area contributed by atoms with E-state index >= 15 is 0 Å². The molecule has 33 heavy (non-hydrogen) atoms. The Morgan fingerprint density at radius 1 is 0.939 bits per heavy atom. The summed E-state index contributed by atoms with van der Waals surface area (Å²) >= 11 is 3.45. The molecule has 5 rings (SSSR count). The van der Waals surface area contributed by atoms with Crippen LogP contribution >= 0.6 is 23.1 Å². The van der Waals surface area contributed by atoms with E-state index in [1.165, 1.54) is 4.70 Å². The van der Waals surface area contributed by atoms with Gasteiger partial charge in [-0.2, -0.15) is 0 Å². The number of ether oxygens (including phenoxy) is 2. The van der Waals surface area contributed by atoms with Crippen LogP contribution in [-0.4, -0.2) is 21.9 Å². The number of nitrogens with zero attached hydrogens (tertiary/aromatic N) is 1. The van der Waals surface area contributed by atoms with E-state index in [-0.39, 0.29) is 18.8 Å². The average molecular weight is 479 g/mol. The maximum absolute atomic E-state index is 9.38. The van der Waals surface area contributed by atoms with Gasteiger partial charge in [0.2, 0.25) is 0 Å². The maximum Gasteiger partial charge on any atom is 0.184 e. The van der Waals surface area contributed by atoms with Crippen LogP contribution in [0.3, 0.4) is 0 Å². The zero-order valence-corrected chi connectivity index (χ0v) is 19.7. The van der Waals surface area contributed by atoms with Crippen molar-refractivity contribution in [3.63, 3.8) is 0 Å². The second-order valence-electron chi connectivity index (χ2n) is 8.05. The number of para-hydroxylation sites is 1. The van der Waals surface area contributed by atoms with E-state index in [2.05, 4.69) is 6.07 Å². The van der Waals surface area contributed by atoms with Crippen molar-refractivity contribution >= 4 is 33.3 Å². The molecule has 3 N–H and O–H groups in total. The van der Waals surface area contributed by atoms with Crippen LogP contribution in [0.1, 0.15) is 41.1 Å². The first-order valence-electron chi connectivity index (χ1n) is 11.0. The molecular weight excluding hydrogens is 452 g/mol. The lowest BCUT2D eigenvalue weighted by Gasteiger charge is -2.36. The molecule has 0 bridgehead atoms. The lowest BCUT2D eigenvalue weighted by atomic mass is 10.0. The van der Waals surface area contributed by atoms with Crippen molar-refractivity contribution in [2.45, 2.75) is 42.4 Å². The molecular formula is C26H26N2O3S2. The average Bonchev–Trinajstić information content (AvgIpc) is 3.30. The van der Waals surface area contributed by atoms with Gasteiger partial charge in [0, 0.05) is 24.3 Å². The summed E-state index contributed by atoms with van der Waals surface area (Å²) < 4.78 is 15.1. The summed E-state index contributed by atoms with van der Waals surface area (Å²) in [5.41, 5.74) is 10.8. The molecule has 0 radical (unpaired) electrons. The topological polar surface area (TPSA) is 77.6 Å². The molecule has 0 amide bonds. The van der Waals surface area contributed by atoms with Crippen LogP contribution in [-0.2, 0) is 22.6 Å². The second-order valence-corrected chi connectivity index (χ2v) is 10.4. The van der Waals surface area contributed by atoms with Crippen LogP contribution in [0, 0.1) is 0 Å². The Kier molecular flexibility index (Phi) is 7.06. The van der Waals surface area contributed by atoms with Crippen molar-refractivity contribution in [2.75, 3.05) is 5.75 Å². The molecule has 1 aliphatic heterocycles. The third kappa shape index (κ3) is 5.30. The number of aliphatic hydroxyl groups excluding tert-OH is 1. The maximum atomic E-state index is 9.38. The van der Waals surface area contributed by atoms with Crippen molar-refractivity contribution in [3.8, 4) is 0 Å². The van der Waals surface area contributed by atoms with E-state index in [1.54, 1.807) is 23.1 Å². The van der Waals surface area contributed by atoms with Crippen LogP contribution in [0.25, 0.3) is 10.2 Å². The van der Waals surface area contributed by atoms with Crippen molar-refractivity contribution < 1.29 is 14.6 Å². The SMILES string of the molecule is NCc1ccc([C@H]2O[C@@H](CSc3nc4ccccc4s3)C[C@@H](c3ccc(CO)cc3)O2)cc1. The molecule has 3 aromatic carbocycles. The molecule has 1 fully saturated rings. The van der Waals surface area contributed by atoms with Gasteiger partial charge in [-0.15, -0.1) is 11.3 Å². The Bertz CT molecular complexity index is 1110. The minimum Gasteiger partial charge on any atom is -0.392 e. The number of aliphatic hydroxyl groups is 1. The molecule has 4 aromatic rings. The number of aromatic nitrogens is 1. The Balaban J connectivity index is 1.35. The minimum atomic E-state index is -0.450. The lowest BCUT2D eigenvalue weighted by molar-refractivity contribution is -0.245. The largest absolute Gasteiger partial charge is 0.392 e. The summed E-state index contributed by atoms with van der Waals surface area (Å²) in [5.74, 6) is 0.797. The van der Waals surface area contributed by atoms with E-state index in [0.29, 0.717) is 6.54 Å². The summed E-state index contributed by atoms with van der Waals surface area (Å²) in [4.78, 5) is 4.75. The van der Waals surface area contributed by atoms with Crippen LogP contribution in [0.2, 0.25) is 0 Å². The first-order chi connectivity index (χ1) is 16.2. The van der Waals surface area contributed by atoms with E-state index < -0.39 is 6.29 Å². The van der Waals surface area contributed by atoms with Gasteiger partial charge < -0.3 is 20.3 Å². The van der Waals surface area contributed by atoms with Gasteiger partial charge in [0.25, 0.3) is 0 Å². The summed E-state index contributed by atoms with van der Waals surface area (Å²) in [7, 11) is 0. The monoisotopic (exact) mass is 478 g/mol. The Morgan fingerprint density at radius 2 is 1.67 bits per heavy atom. The van der Waals surface area contributed by atoms with Crippen LogP contribution < -0.4 is 5.73 Å². The summed E-state index contributed by atoms with van der Waals surface area (Å²) in [5, 5.41) is 9.38. The highest BCUT2D eigenvalue weighted by Crippen LogP contribution is 2.40. The Morgan fingerprint density at radius 3 is 2.39 bits per heavy atom. The lowest BCUT2D eigenvalue weighted by Crippen LogP contribution is -2.31. The molecule has 1 aliphatic rings. The number of thioether (sulfide) groups is 1. The number of benzene rings is 3. The molecule has 3 atom stereocenters. The van der Waals surface area contributed by atoms with Crippen LogP contribution in [0.15, 0.2) is 77.1 Å². The van der Waals surface area contributed by atoms with Gasteiger partial charge >= 0.3 is 0 Å². The van der Waals surface area contributed by atoms with Crippen LogP contribution in [0.5, 0.6) is 0 Å². The number of hydrogen-bond donors (Lipinski definition) is 2. The standard InChI is InChI=1S/C26H26N2O3S2/c27-14-17-5-11-20(12-6-17)25-30-21(13-23(31-25)19-9-7-18(15-29)8-10-19)16-32-26-28-22-3-1-2-4-24(22)33-26/h1-12,21,23,25,29H,13-16,27H2/t21-,23+,25+/m1/s1. The van der Waals surface area contributed by atoms with Gasteiger partial charge in [-0.3, -0.25) is 0 Å². The van der Waals surface area contributed by atoms with Gasteiger partial charge in [0.1, 0.15) is 0 Å². The summed E-state index contributed by atoms with van der Waals surface area (Å²) in [6, 6.07) is 24.3. The van der Waals surface area contributed by atoms with Gasteiger partial charge in [0.05, 0.1) is 29.0 Å². The highest BCUT2D eigenvalue weighted by molar-refractivity contribution is 8.01. The molecule has 2 heterocycles. The molecule has 1 aromatic heterocycles. The van der Waals surface area contributed by atoms with Crippen molar-refractivity contribution in [2.24, 2.45) is 5.73 Å². The minimum absolute atomic E-state index is 0.0115. The molecule has 170 valence electrons. The third-order valence-electron chi connectivity index (χ3n) is 5.77. The fourth-order valence-corrected chi connectivity index (χ4v) is 6.02. The predicted molar refractivity (Wildman–Crippen MR) is 133 cm³/mol. The van der Waals surface area contributed by atoms with Gasteiger partial charge in [-0.05, 0) is 28.8 Å². The van der Waals surface area contributed by atoms with E-state index in [1.807, 2.05) is 66.7 Å². The molecule has 7 heteroatoms. The van der Waals surface area contributed by atoms with Gasteiger partial charge in [0.15, 0.2) is 10.6 Å². The van der Waals surface area contributed by atoms with Crippen molar-refractivity contribution in [3.05, 3.63) is 95.1 Å². The number of rotatable bonds is 7. The van der Waals surface area contributed by atoms with E-state index in [0.717, 1.165) is 44.3 Å². The summed E-state index contributed by atoms with van der Waals surface area (Å²) in [6.45, 7) is 0.542. The quantitative estimate of drug-likeness (QED) is 0.338. The fraction of sp³-hybridized carbons (Fsp3) is 0.269. The Labute approximate surface area is 201 Å². The van der Waals surface area contributed by atoms with Crippen molar-refractivity contribution in [1.29, 1.82) is 0 Å². The molecule has 5 nitrogen and oxygen atoms in total. The smallest absolute Gasteiger partial charge is 0.184 e. The van der Waals surface area contributed by atoms with E-state index in [9.17, 15) is 5.11 Å². The predicted octanol–water partition coefficient (Wildman–Crippen LogP) is 5.59. The number of fused-ring (bicyclic) bond motifs is 1. The zero-order chi connectivity index (χ0) is 22.6. The normalized spacial score (nSPS) is 20.8. The molecule has 0 spiro atoms. The number of nitrogens with two attached hydrogens (primary N) is 1. The van der Waals surface area contributed by atoms with E-state index in [4.69, 9.17) is 20.2 Å².